The van der Waals surface area contributed by atoms with Gasteiger partial charge in [0.1, 0.15) is 0 Å². The van der Waals surface area contributed by atoms with Crippen molar-refractivity contribution >= 4 is 28.2 Å². The molecule has 3 rings (SSSR count). The molecule has 2 aromatic carbocycles. The third-order valence-corrected chi connectivity index (χ3v) is 3.85. The first-order valence-electron chi connectivity index (χ1n) is 6.85. The number of fused-ring (bicyclic) bond motifs is 1. The van der Waals surface area contributed by atoms with E-state index in [1.165, 1.54) is 0 Å². The maximum atomic E-state index is 6.41. The fourth-order valence-corrected chi connectivity index (χ4v) is 2.69. The quantitative estimate of drug-likeness (QED) is 0.723. The molecular weight excluding hydrogens is 284 g/mol. The van der Waals surface area contributed by atoms with E-state index in [9.17, 15) is 0 Å². The third-order valence-electron chi connectivity index (χ3n) is 3.42. The molecule has 0 bridgehead atoms. The second kappa shape index (κ2) is 6.20. The first kappa shape index (κ1) is 14.0. The van der Waals surface area contributed by atoms with Crippen LogP contribution < -0.4 is 5.32 Å². The van der Waals surface area contributed by atoms with Gasteiger partial charge in [0.2, 0.25) is 0 Å². The number of aromatic nitrogens is 1. The maximum absolute atomic E-state index is 6.41. The number of anilines is 1. The third kappa shape index (κ3) is 3.04. The number of aromatic amines is 1. The molecule has 0 radical (unpaired) electrons. The standard InChI is InChI=1S/C17H17ClN2O/c1-21-11-12-5-4-6-13(9-12)19-10-16-17(18)14-7-2-3-8-15(14)20-16/h2-9,19-20H,10-11H2,1H3. The summed E-state index contributed by atoms with van der Waals surface area (Å²) in [5.41, 5.74) is 4.26. The molecule has 0 fully saturated rings. The van der Waals surface area contributed by atoms with Gasteiger partial charge in [-0.1, -0.05) is 41.9 Å². The average molecular weight is 301 g/mol. The molecule has 0 atom stereocenters. The van der Waals surface area contributed by atoms with Crippen molar-refractivity contribution in [3.05, 3.63) is 64.8 Å². The van der Waals surface area contributed by atoms with Crippen molar-refractivity contribution in [2.75, 3.05) is 12.4 Å². The number of halogens is 1. The van der Waals surface area contributed by atoms with Crippen molar-refractivity contribution in [2.45, 2.75) is 13.2 Å². The lowest BCUT2D eigenvalue weighted by Gasteiger charge is -2.07. The molecule has 0 saturated heterocycles. The van der Waals surface area contributed by atoms with Gasteiger partial charge >= 0.3 is 0 Å². The molecular formula is C17H17ClN2O. The van der Waals surface area contributed by atoms with Crippen LogP contribution in [0.4, 0.5) is 5.69 Å². The van der Waals surface area contributed by atoms with Crippen molar-refractivity contribution in [2.24, 2.45) is 0 Å². The molecule has 3 aromatic rings. The summed E-state index contributed by atoms with van der Waals surface area (Å²) in [6, 6.07) is 16.2. The summed E-state index contributed by atoms with van der Waals surface area (Å²) < 4.78 is 5.15. The Morgan fingerprint density at radius 2 is 2.00 bits per heavy atom. The molecule has 4 heteroatoms. The van der Waals surface area contributed by atoms with Crippen LogP contribution in [0.1, 0.15) is 11.3 Å². The zero-order valence-electron chi connectivity index (χ0n) is 11.8. The Hall–Kier alpha value is -1.97. The Morgan fingerprint density at radius 3 is 2.81 bits per heavy atom. The van der Waals surface area contributed by atoms with E-state index in [0.717, 1.165) is 32.9 Å². The minimum absolute atomic E-state index is 0.614. The smallest absolute Gasteiger partial charge is 0.0713 e. The number of H-pyrrole nitrogens is 1. The van der Waals surface area contributed by atoms with E-state index < -0.39 is 0 Å². The summed E-state index contributed by atoms with van der Waals surface area (Å²) in [7, 11) is 1.70. The monoisotopic (exact) mass is 300 g/mol. The molecule has 0 amide bonds. The minimum atomic E-state index is 0.614. The van der Waals surface area contributed by atoms with Gasteiger partial charge in [-0.3, -0.25) is 0 Å². The van der Waals surface area contributed by atoms with Crippen LogP contribution in [0.2, 0.25) is 5.02 Å². The van der Waals surface area contributed by atoms with Crippen molar-refractivity contribution in [1.29, 1.82) is 0 Å². The van der Waals surface area contributed by atoms with Crippen molar-refractivity contribution in [3.8, 4) is 0 Å². The number of benzene rings is 2. The van der Waals surface area contributed by atoms with Gasteiger partial charge < -0.3 is 15.0 Å². The van der Waals surface area contributed by atoms with Gasteiger partial charge in [0.25, 0.3) is 0 Å². The van der Waals surface area contributed by atoms with Crippen molar-refractivity contribution in [3.63, 3.8) is 0 Å². The zero-order valence-corrected chi connectivity index (χ0v) is 12.6. The van der Waals surface area contributed by atoms with Gasteiger partial charge in [0.15, 0.2) is 0 Å². The summed E-state index contributed by atoms with van der Waals surface area (Å²) >= 11 is 6.41. The highest BCUT2D eigenvalue weighted by Gasteiger charge is 2.08. The lowest BCUT2D eigenvalue weighted by Crippen LogP contribution is -2.01. The molecule has 108 valence electrons. The van der Waals surface area contributed by atoms with Crippen LogP contribution in [-0.4, -0.2) is 12.1 Å². The van der Waals surface area contributed by atoms with Crippen molar-refractivity contribution < 1.29 is 4.74 Å². The van der Waals surface area contributed by atoms with E-state index in [0.29, 0.717) is 13.2 Å². The van der Waals surface area contributed by atoms with E-state index in [1.807, 2.05) is 42.5 Å². The lowest BCUT2D eigenvalue weighted by molar-refractivity contribution is 0.185. The van der Waals surface area contributed by atoms with Gasteiger partial charge in [0.05, 0.1) is 23.9 Å². The Kier molecular flexibility index (Phi) is 4.13. The predicted octanol–water partition coefficient (Wildman–Crippen LogP) is 4.58. The fraction of sp³-hybridized carbons (Fsp3) is 0.176. The highest BCUT2D eigenvalue weighted by molar-refractivity contribution is 6.36. The number of para-hydroxylation sites is 1. The Bertz CT molecular complexity index is 751. The second-order valence-corrected chi connectivity index (χ2v) is 5.33. The van der Waals surface area contributed by atoms with E-state index in [2.05, 4.69) is 16.4 Å². The number of rotatable bonds is 5. The SMILES string of the molecule is COCc1cccc(NCc2[nH]c3ccccc3c2Cl)c1. The molecule has 0 aliphatic carbocycles. The number of hydrogen-bond acceptors (Lipinski definition) is 2. The van der Waals surface area contributed by atoms with Gasteiger partial charge in [-0.2, -0.15) is 0 Å². The average Bonchev–Trinajstić information content (AvgIpc) is 2.83. The van der Waals surface area contributed by atoms with Crippen LogP contribution >= 0.6 is 11.6 Å². The van der Waals surface area contributed by atoms with E-state index in [-0.39, 0.29) is 0 Å². The first-order valence-corrected chi connectivity index (χ1v) is 7.22. The minimum Gasteiger partial charge on any atom is -0.380 e. The number of methoxy groups -OCH3 is 1. The van der Waals surface area contributed by atoms with E-state index in [1.54, 1.807) is 7.11 Å². The van der Waals surface area contributed by atoms with Gasteiger partial charge in [0, 0.05) is 23.7 Å². The summed E-state index contributed by atoms with van der Waals surface area (Å²) in [6.45, 7) is 1.27. The Balaban J connectivity index is 1.77. The molecule has 0 aliphatic rings. The van der Waals surface area contributed by atoms with Crippen LogP contribution in [-0.2, 0) is 17.9 Å². The first-order chi connectivity index (χ1) is 10.3. The molecule has 21 heavy (non-hydrogen) atoms. The van der Waals surface area contributed by atoms with Crippen LogP contribution in [0.15, 0.2) is 48.5 Å². The van der Waals surface area contributed by atoms with Gasteiger partial charge in [-0.05, 0) is 23.8 Å². The normalized spacial score (nSPS) is 11.0. The largest absolute Gasteiger partial charge is 0.380 e. The number of nitrogens with one attached hydrogen (secondary N) is 2. The molecule has 3 nitrogen and oxygen atoms in total. The molecule has 1 heterocycles. The second-order valence-electron chi connectivity index (χ2n) is 4.95. The Labute approximate surface area is 128 Å². The molecule has 1 aromatic heterocycles. The zero-order chi connectivity index (χ0) is 14.7. The summed E-state index contributed by atoms with van der Waals surface area (Å²) in [6.07, 6.45) is 0. The van der Waals surface area contributed by atoms with Gasteiger partial charge in [-0.15, -0.1) is 0 Å². The highest BCUT2D eigenvalue weighted by atomic mass is 35.5. The molecule has 0 unspecified atom stereocenters. The maximum Gasteiger partial charge on any atom is 0.0713 e. The highest BCUT2D eigenvalue weighted by Crippen LogP contribution is 2.27. The lowest BCUT2D eigenvalue weighted by atomic mass is 10.2. The van der Waals surface area contributed by atoms with Crippen LogP contribution in [0.25, 0.3) is 10.9 Å². The number of ether oxygens (including phenoxy) is 1. The fourth-order valence-electron chi connectivity index (χ4n) is 2.41. The Morgan fingerprint density at radius 1 is 1.14 bits per heavy atom. The van der Waals surface area contributed by atoms with Crippen LogP contribution in [0.3, 0.4) is 0 Å². The number of hydrogen-bond donors (Lipinski definition) is 2. The topological polar surface area (TPSA) is 37.0 Å². The molecule has 0 spiro atoms. The van der Waals surface area contributed by atoms with E-state index >= 15 is 0 Å². The van der Waals surface area contributed by atoms with Gasteiger partial charge in [-0.25, -0.2) is 0 Å². The van der Waals surface area contributed by atoms with E-state index in [4.69, 9.17) is 16.3 Å². The molecule has 0 aliphatic heterocycles. The van der Waals surface area contributed by atoms with Crippen molar-refractivity contribution in [1.82, 2.24) is 4.98 Å². The van der Waals surface area contributed by atoms with Crippen LogP contribution in [0.5, 0.6) is 0 Å². The summed E-state index contributed by atoms with van der Waals surface area (Å²) in [5.74, 6) is 0. The predicted molar refractivity (Wildman–Crippen MR) is 87.8 cm³/mol. The molecule has 2 N–H and O–H groups in total. The van der Waals surface area contributed by atoms with Crippen LogP contribution in [0, 0.1) is 0 Å². The summed E-state index contributed by atoms with van der Waals surface area (Å²) in [4.78, 5) is 3.35. The molecule has 0 saturated carbocycles. The summed E-state index contributed by atoms with van der Waals surface area (Å²) in [5, 5.41) is 5.23.